The zero-order chi connectivity index (χ0) is 16.7. The fourth-order valence-electron chi connectivity index (χ4n) is 3.05. The van der Waals surface area contributed by atoms with Crippen LogP contribution in [0.1, 0.15) is 25.8 Å². The molecule has 0 bridgehead atoms. The maximum Gasteiger partial charge on any atom is 0.123 e. The lowest BCUT2D eigenvalue weighted by Crippen LogP contribution is -2.42. The van der Waals surface area contributed by atoms with Gasteiger partial charge in [0, 0.05) is 25.7 Å². The fourth-order valence-corrected chi connectivity index (χ4v) is 3.05. The van der Waals surface area contributed by atoms with Crippen LogP contribution in [0.5, 0.6) is 5.75 Å². The van der Waals surface area contributed by atoms with E-state index in [0.29, 0.717) is 26.4 Å². The quantitative estimate of drug-likeness (QED) is 0.773. The monoisotopic (exact) mass is 317 g/mol. The molecule has 0 amide bonds. The highest BCUT2D eigenvalue weighted by Gasteiger charge is 2.40. The molecule has 1 aromatic rings. The average Bonchev–Trinajstić information content (AvgIpc) is 2.59. The SMILES string of the molecule is CCOCC(OCC)(c1ccc(O)cc1)C1C=CC(CN)=CC1. The summed E-state index contributed by atoms with van der Waals surface area (Å²) in [5.74, 6) is 0.411. The average molecular weight is 317 g/mol. The molecular formula is C19H27NO3. The van der Waals surface area contributed by atoms with Crippen LogP contribution in [-0.4, -0.2) is 31.5 Å². The lowest BCUT2D eigenvalue weighted by atomic mass is 9.77. The van der Waals surface area contributed by atoms with Crippen LogP contribution in [0.2, 0.25) is 0 Å². The molecule has 3 N–H and O–H groups in total. The second kappa shape index (κ2) is 8.29. The summed E-state index contributed by atoms with van der Waals surface area (Å²) < 4.78 is 12.0. The van der Waals surface area contributed by atoms with Gasteiger partial charge >= 0.3 is 0 Å². The highest BCUT2D eigenvalue weighted by Crippen LogP contribution is 2.40. The van der Waals surface area contributed by atoms with Crippen LogP contribution in [0, 0.1) is 5.92 Å². The number of hydrogen-bond donors (Lipinski definition) is 2. The van der Waals surface area contributed by atoms with Crippen LogP contribution in [0.3, 0.4) is 0 Å². The minimum Gasteiger partial charge on any atom is -0.508 e. The van der Waals surface area contributed by atoms with Crippen LogP contribution in [0.25, 0.3) is 0 Å². The van der Waals surface area contributed by atoms with Crippen molar-refractivity contribution in [3.05, 3.63) is 53.6 Å². The van der Waals surface area contributed by atoms with Gasteiger partial charge in [-0.15, -0.1) is 0 Å². The second-order valence-electron chi connectivity index (χ2n) is 5.69. The highest BCUT2D eigenvalue weighted by atomic mass is 16.5. The van der Waals surface area contributed by atoms with Crippen molar-refractivity contribution < 1.29 is 14.6 Å². The van der Waals surface area contributed by atoms with E-state index in [0.717, 1.165) is 17.6 Å². The van der Waals surface area contributed by atoms with Gasteiger partial charge in [0.25, 0.3) is 0 Å². The van der Waals surface area contributed by atoms with Gasteiger partial charge in [0.1, 0.15) is 11.4 Å². The van der Waals surface area contributed by atoms with Crippen molar-refractivity contribution in [2.24, 2.45) is 11.7 Å². The summed E-state index contributed by atoms with van der Waals surface area (Å²) in [6.07, 6.45) is 7.28. The molecule has 126 valence electrons. The van der Waals surface area contributed by atoms with Crippen molar-refractivity contribution in [3.8, 4) is 5.75 Å². The maximum absolute atomic E-state index is 9.60. The normalized spacial score (nSPS) is 20.1. The van der Waals surface area contributed by atoms with Gasteiger partial charge in [-0.2, -0.15) is 0 Å². The number of ether oxygens (including phenoxy) is 2. The molecule has 2 unspecified atom stereocenters. The smallest absolute Gasteiger partial charge is 0.123 e. The predicted octanol–water partition coefficient (Wildman–Crippen LogP) is 3.12. The third-order valence-electron chi connectivity index (χ3n) is 4.29. The zero-order valence-corrected chi connectivity index (χ0v) is 14.0. The van der Waals surface area contributed by atoms with Crippen LogP contribution in [0.4, 0.5) is 0 Å². The van der Waals surface area contributed by atoms with Gasteiger partial charge in [0.05, 0.1) is 6.61 Å². The molecule has 4 heteroatoms. The Morgan fingerprint density at radius 3 is 2.48 bits per heavy atom. The minimum absolute atomic E-state index is 0.161. The van der Waals surface area contributed by atoms with Crippen molar-refractivity contribution in [1.82, 2.24) is 0 Å². The Bertz CT molecular complexity index is 550. The summed E-state index contributed by atoms with van der Waals surface area (Å²) in [5, 5.41) is 9.60. The van der Waals surface area contributed by atoms with E-state index < -0.39 is 5.60 Å². The number of benzene rings is 1. The Kier molecular flexibility index (Phi) is 6.39. The van der Waals surface area contributed by atoms with E-state index in [9.17, 15) is 5.11 Å². The highest BCUT2D eigenvalue weighted by molar-refractivity contribution is 5.34. The Morgan fingerprint density at radius 2 is 1.96 bits per heavy atom. The van der Waals surface area contributed by atoms with Crippen LogP contribution >= 0.6 is 0 Å². The lowest BCUT2D eigenvalue weighted by Gasteiger charge is -2.40. The molecule has 2 atom stereocenters. The Morgan fingerprint density at radius 1 is 1.22 bits per heavy atom. The first kappa shape index (κ1) is 17.7. The topological polar surface area (TPSA) is 64.7 Å². The molecule has 0 saturated heterocycles. The summed E-state index contributed by atoms with van der Waals surface area (Å²) in [5.41, 5.74) is 7.32. The number of nitrogens with two attached hydrogens (primary N) is 1. The van der Waals surface area contributed by atoms with Crippen molar-refractivity contribution in [2.75, 3.05) is 26.4 Å². The molecule has 1 aliphatic carbocycles. The standard InChI is InChI=1S/C19H27NO3/c1-3-22-14-19(23-4-2,17-9-11-18(21)12-10-17)16-7-5-15(13-20)6-8-16/h5-7,9-12,16,21H,3-4,8,13-14,20H2,1-2H3. The van der Waals surface area contributed by atoms with Gasteiger partial charge in [-0.1, -0.05) is 30.4 Å². The van der Waals surface area contributed by atoms with E-state index in [-0.39, 0.29) is 11.7 Å². The lowest BCUT2D eigenvalue weighted by molar-refractivity contribution is -0.123. The molecule has 0 spiro atoms. The van der Waals surface area contributed by atoms with E-state index >= 15 is 0 Å². The van der Waals surface area contributed by atoms with Crippen molar-refractivity contribution in [2.45, 2.75) is 25.9 Å². The van der Waals surface area contributed by atoms with Gasteiger partial charge in [-0.05, 0) is 43.5 Å². The molecule has 1 aliphatic rings. The first-order valence-corrected chi connectivity index (χ1v) is 8.24. The van der Waals surface area contributed by atoms with Crippen LogP contribution in [-0.2, 0) is 15.1 Å². The van der Waals surface area contributed by atoms with E-state index in [4.69, 9.17) is 15.2 Å². The Labute approximate surface area is 138 Å². The first-order valence-electron chi connectivity index (χ1n) is 8.24. The second-order valence-corrected chi connectivity index (χ2v) is 5.69. The first-order chi connectivity index (χ1) is 11.2. The van der Waals surface area contributed by atoms with Crippen molar-refractivity contribution in [1.29, 1.82) is 0 Å². The summed E-state index contributed by atoms with van der Waals surface area (Å²) in [6, 6.07) is 7.23. The number of allylic oxidation sites excluding steroid dienone is 1. The number of phenols is 1. The molecule has 0 aliphatic heterocycles. The van der Waals surface area contributed by atoms with Gasteiger partial charge in [0.15, 0.2) is 0 Å². The number of rotatable bonds is 8. The summed E-state index contributed by atoms with van der Waals surface area (Å²) in [7, 11) is 0. The largest absolute Gasteiger partial charge is 0.508 e. The fraction of sp³-hybridized carbons (Fsp3) is 0.474. The zero-order valence-electron chi connectivity index (χ0n) is 14.0. The van der Waals surface area contributed by atoms with Crippen molar-refractivity contribution in [3.63, 3.8) is 0 Å². The number of phenolic OH excluding ortho intramolecular Hbond substituents is 1. The van der Waals surface area contributed by atoms with Crippen LogP contribution in [0.15, 0.2) is 48.1 Å². The molecule has 23 heavy (non-hydrogen) atoms. The Hall–Kier alpha value is -1.62. The molecule has 0 radical (unpaired) electrons. The molecular weight excluding hydrogens is 290 g/mol. The molecule has 0 aromatic heterocycles. The Balaban J connectivity index is 2.38. The van der Waals surface area contributed by atoms with E-state index in [1.807, 2.05) is 26.0 Å². The summed E-state index contributed by atoms with van der Waals surface area (Å²) in [6.45, 7) is 6.23. The molecule has 1 aromatic carbocycles. The minimum atomic E-state index is -0.564. The van der Waals surface area contributed by atoms with Crippen LogP contribution < -0.4 is 5.73 Å². The number of hydrogen-bond acceptors (Lipinski definition) is 4. The molecule has 0 saturated carbocycles. The van der Waals surface area contributed by atoms with Crippen molar-refractivity contribution >= 4 is 0 Å². The van der Waals surface area contributed by atoms with Gasteiger partial charge in [-0.3, -0.25) is 0 Å². The molecule has 0 heterocycles. The third kappa shape index (κ3) is 4.02. The van der Waals surface area contributed by atoms with Gasteiger partial charge in [-0.25, -0.2) is 0 Å². The molecule has 0 fully saturated rings. The summed E-state index contributed by atoms with van der Waals surface area (Å²) in [4.78, 5) is 0. The molecule has 2 rings (SSSR count). The van der Waals surface area contributed by atoms with E-state index in [2.05, 4.69) is 18.2 Å². The maximum atomic E-state index is 9.60. The third-order valence-corrected chi connectivity index (χ3v) is 4.29. The van der Waals surface area contributed by atoms with Gasteiger partial charge in [0.2, 0.25) is 0 Å². The number of aromatic hydroxyl groups is 1. The van der Waals surface area contributed by atoms with E-state index in [1.54, 1.807) is 12.1 Å². The summed E-state index contributed by atoms with van der Waals surface area (Å²) >= 11 is 0. The van der Waals surface area contributed by atoms with E-state index in [1.165, 1.54) is 0 Å². The molecule has 4 nitrogen and oxygen atoms in total. The van der Waals surface area contributed by atoms with Gasteiger partial charge < -0.3 is 20.3 Å². The predicted molar refractivity (Wildman–Crippen MR) is 92.3 cm³/mol.